The summed E-state index contributed by atoms with van der Waals surface area (Å²) >= 11 is 0. The molecular weight excluding hydrogens is 386 g/mol. The third kappa shape index (κ3) is 3.45. The Morgan fingerprint density at radius 1 is 1.10 bits per heavy atom. The molecule has 2 aliphatic rings. The van der Waals surface area contributed by atoms with E-state index in [0.717, 1.165) is 24.2 Å². The molecule has 1 saturated heterocycles. The molecule has 1 fully saturated rings. The Kier molecular flexibility index (Phi) is 4.74. The number of amides is 1. The van der Waals surface area contributed by atoms with E-state index >= 15 is 0 Å². The lowest BCUT2D eigenvalue weighted by molar-refractivity contribution is 0.0704. The Bertz CT molecular complexity index is 1070. The van der Waals surface area contributed by atoms with Crippen LogP contribution in [0, 0.1) is 0 Å². The predicted octanol–water partition coefficient (Wildman–Crippen LogP) is 3.49. The molecule has 30 heavy (non-hydrogen) atoms. The molecule has 0 atom stereocenters. The monoisotopic (exact) mass is 407 g/mol. The van der Waals surface area contributed by atoms with Gasteiger partial charge in [-0.1, -0.05) is 17.3 Å². The van der Waals surface area contributed by atoms with Gasteiger partial charge in [0.15, 0.2) is 11.5 Å². The average molecular weight is 407 g/mol. The van der Waals surface area contributed by atoms with Crippen LogP contribution in [0.25, 0.3) is 11.4 Å². The molecule has 0 aliphatic carbocycles. The Balaban J connectivity index is 1.24. The van der Waals surface area contributed by atoms with E-state index in [-0.39, 0.29) is 18.6 Å². The number of methoxy groups -OCH3 is 1. The van der Waals surface area contributed by atoms with Gasteiger partial charge >= 0.3 is 0 Å². The first-order valence-electron chi connectivity index (χ1n) is 9.88. The smallest absolute Gasteiger partial charge is 0.253 e. The Morgan fingerprint density at radius 2 is 1.93 bits per heavy atom. The fraction of sp³-hybridized carbons (Fsp3) is 0.318. The van der Waals surface area contributed by atoms with Crippen LogP contribution in [0.15, 0.2) is 47.0 Å². The first kappa shape index (κ1) is 18.5. The minimum atomic E-state index is -0.00523. The summed E-state index contributed by atoms with van der Waals surface area (Å²) in [6.45, 7) is 1.46. The molecule has 154 valence electrons. The summed E-state index contributed by atoms with van der Waals surface area (Å²) in [5.74, 6) is 3.33. The van der Waals surface area contributed by atoms with Crippen LogP contribution in [-0.2, 0) is 0 Å². The Hall–Kier alpha value is -3.55. The second kappa shape index (κ2) is 7.70. The van der Waals surface area contributed by atoms with Crippen LogP contribution >= 0.6 is 0 Å². The highest BCUT2D eigenvalue weighted by atomic mass is 16.7. The summed E-state index contributed by atoms with van der Waals surface area (Å²) in [7, 11) is 1.62. The number of likely N-dealkylation sites (tertiary alicyclic amines) is 1. The molecule has 1 amide bonds. The number of fused-ring (bicyclic) bond motifs is 1. The number of hydrogen-bond acceptors (Lipinski definition) is 7. The number of aromatic nitrogens is 2. The Labute approximate surface area is 173 Å². The van der Waals surface area contributed by atoms with Crippen LogP contribution < -0.4 is 14.2 Å². The summed E-state index contributed by atoms with van der Waals surface area (Å²) in [4.78, 5) is 19.3. The van der Waals surface area contributed by atoms with Crippen LogP contribution in [0.5, 0.6) is 17.2 Å². The zero-order valence-electron chi connectivity index (χ0n) is 16.5. The number of hydrogen-bond donors (Lipinski definition) is 0. The normalized spacial score (nSPS) is 16.0. The van der Waals surface area contributed by atoms with Crippen LogP contribution in [0.4, 0.5) is 0 Å². The van der Waals surface area contributed by atoms with Crippen molar-refractivity contribution in [3.63, 3.8) is 0 Å². The predicted molar refractivity (Wildman–Crippen MR) is 107 cm³/mol. The molecule has 8 heteroatoms. The van der Waals surface area contributed by atoms with Gasteiger partial charge in [0.1, 0.15) is 5.75 Å². The molecule has 2 aromatic carbocycles. The quantitative estimate of drug-likeness (QED) is 0.654. The molecule has 0 bridgehead atoms. The second-order valence-electron chi connectivity index (χ2n) is 7.32. The first-order valence-corrected chi connectivity index (χ1v) is 9.88. The molecule has 0 saturated carbocycles. The van der Waals surface area contributed by atoms with Gasteiger partial charge in [-0.2, -0.15) is 4.98 Å². The molecule has 1 aromatic heterocycles. The highest BCUT2D eigenvalue weighted by molar-refractivity contribution is 5.95. The third-order valence-corrected chi connectivity index (χ3v) is 5.52. The average Bonchev–Trinajstić information content (AvgIpc) is 3.48. The van der Waals surface area contributed by atoms with E-state index in [1.807, 2.05) is 29.2 Å². The minimum Gasteiger partial charge on any atom is -0.497 e. The van der Waals surface area contributed by atoms with Crippen LogP contribution in [0.3, 0.4) is 0 Å². The number of carbonyl (C=O) groups is 1. The highest BCUT2D eigenvalue weighted by Gasteiger charge is 2.29. The highest BCUT2D eigenvalue weighted by Crippen LogP contribution is 2.34. The van der Waals surface area contributed by atoms with Crippen molar-refractivity contribution in [1.29, 1.82) is 0 Å². The van der Waals surface area contributed by atoms with Gasteiger partial charge in [0.25, 0.3) is 5.91 Å². The third-order valence-electron chi connectivity index (χ3n) is 5.52. The van der Waals surface area contributed by atoms with E-state index in [4.69, 9.17) is 18.7 Å². The van der Waals surface area contributed by atoms with E-state index in [9.17, 15) is 4.79 Å². The lowest BCUT2D eigenvalue weighted by Gasteiger charge is -2.30. The van der Waals surface area contributed by atoms with E-state index in [1.165, 1.54) is 0 Å². The molecule has 0 radical (unpaired) electrons. The van der Waals surface area contributed by atoms with Crippen molar-refractivity contribution in [2.45, 2.75) is 18.8 Å². The Morgan fingerprint density at radius 3 is 2.77 bits per heavy atom. The van der Waals surface area contributed by atoms with Gasteiger partial charge < -0.3 is 23.6 Å². The van der Waals surface area contributed by atoms with Crippen LogP contribution in [-0.4, -0.2) is 47.9 Å². The second-order valence-corrected chi connectivity index (χ2v) is 7.32. The van der Waals surface area contributed by atoms with Crippen molar-refractivity contribution in [3.05, 3.63) is 53.9 Å². The van der Waals surface area contributed by atoms with Gasteiger partial charge in [-0.05, 0) is 43.2 Å². The first-order chi connectivity index (χ1) is 14.7. The van der Waals surface area contributed by atoms with E-state index in [2.05, 4.69) is 10.1 Å². The fourth-order valence-electron chi connectivity index (χ4n) is 3.82. The SMILES string of the molecule is COc1cccc(-c2noc(C3CCN(C(=O)c4ccc5c(c4)OCO5)CC3)n2)c1. The van der Waals surface area contributed by atoms with Crippen molar-refractivity contribution < 1.29 is 23.5 Å². The van der Waals surface area contributed by atoms with Gasteiger partial charge in [0.2, 0.25) is 18.5 Å². The number of rotatable bonds is 4. The van der Waals surface area contributed by atoms with Crippen molar-refractivity contribution >= 4 is 5.91 Å². The zero-order chi connectivity index (χ0) is 20.5. The van der Waals surface area contributed by atoms with Crippen molar-refractivity contribution in [3.8, 4) is 28.6 Å². The van der Waals surface area contributed by atoms with Crippen LogP contribution in [0.2, 0.25) is 0 Å². The van der Waals surface area contributed by atoms with Gasteiger partial charge in [-0.25, -0.2) is 0 Å². The largest absolute Gasteiger partial charge is 0.497 e. The summed E-state index contributed by atoms with van der Waals surface area (Å²) in [5.41, 5.74) is 1.45. The maximum Gasteiger partial charge on any atom is 0.253 e. The minimum absolute atomic E-state index is 0.00523. The van der Waals surface area contributed by atoms with Crippen LogP contribution in [0.1, 0.15) is 35.0 Å². The molecule has 8 nitrogen and oxygen atoms in total. The standard InChI is InChI=1S/C22H21N3O5/c1-27-17-4-2-3-15(11-17)20-23-21(30-24-20)14-7-9-25(10-8-14)22(26)16-5-6-18-19(12-16)29-13-28-18/h2-6,11-12,14H,7-10,13H2,1H3. The fourth-order valence-corrected chi connectivity index (χ4v) is 3.82. The number of piperidine rings is 1. The lowest BCUT2D eigenvalue weighted by Crippen LogP contribution is -2.38. The van der Waals surface area contributed by atoms with Gasteiger partial charge in [-0.3, -0.25) is 4.79 Å². The molecule has 2 aliphatic heterocycles. The number of ether oxygens (including phenoxy) is 3. The zero-order valence-corrected chi connectivity index (χ0v) is 16.5. The number of benzene rings is 2. The molecule has 5 rings (SSSR count). The molecule has 3 aromatic rings. The summed E-state index contributed by atoms with van der Waals surface area (Å²) < 4.78 is 21.5. The number of nitrogens with zero attached hydrogens (tertiary/aromatic N) is 3. The molecule has 3 heterocycles. The van der Waals surface area contributed by atoms with Gasteiger partial charge in [0.05, 0.1) is 7.11 Å². The topological polar surface area (TPSA) is 86.9 Å². The van der Waals surface area contributed by atoms with Gasteiger partial charge in [0, 0.05) is 30.1 Å². The van der Waals surface area contributed by atoms with E-state index in [1.54, 1.807) is 25.3 Å². The van der Waals surface area contributed by atoms with Crippen molar-refractivity contribution in [1.82, 2.24) is 15.0 Å². The molecule has 0 spiro atoms. The lowest BCUT2D eigenvalue weighted by atomic mass is 9.96. The number of carbonyl (C=O) groups excluding carboxylic acids is 1. The molecular formula is C22H21N3O5. The summed E-state index contributed by atoms with van der Waals surface area (Å²) in [6, 6.07) is 12.9. The maximum atomic E-state index is 12.9. The van der Waals surface area contributed by atoms with E-state index < -0.39 is 0 Å². The van der Waals surface area contributed by atoms with Crippen molar-refractivity contribution in [2.75, 3.05) is 27.0 Å². The van der Waals surface area contributed by atoms with E-state index in [0.29, 0.717) is 41.9 Å². The maximum absolute atomic E-state index is 12.9. The van der Waals surface area contributed by atoms with Crippen molar-refractivity contribution in [2.24, 2.45) is 0 Å². The molecule has 0 unspecified atom stereocenters. The summed E-state index contributed by atoms with van der Waals surface area (Å²) in [6.07, 6.45) is 1.55. The summed E-state index contributed by atoms with van der Waals surface area (Å²) in [5, 5.41) is 4.12. The van der Waals surface area contributed by atoms with Gasteiger partial charge in [-0.15, -0.1) is 0 Å². The molecule has 0 N–H and O–H groups in total.